The Morgan fingerprint density at radius 2 is 1.66 bits per heavy atom. The Morgan fingerprint density at radius 1 is 0.979 bits per heavy atom. The summed E-state index contributed by atoms with van der Waals surface area (Å²) >= 11 is 0. The second-order valence-corrected chi connectivity index (χ2v) is 13.7. The first-order valence-corrected chi connectivity index (χ1v) is 17.1. The number of sulfonamides is 1. The number of rotatable bonds is 13. The molecule has 1 fully saturated rings. The molecule has 1 aliphatic rings. The van der Waals surface area contributed by atoms with E-state index >= 15 is 0 Å². The van der Waals surface area contributed by atoms with Gasteiger partial charge in [-0.15, -0.1) is 10.2 Å². The molecule has 0 bridgehead atoms. The highest BCUT2D eigenvalue weighted by Gasteiger charge is 2.47. The minimum absolute atomic E-state index is 0.0441. The van der Waals surface area contributed by atoms with E-state index in [-0.39, 0.29) is 41.4 Å². The number of benzene rings is 2. The van der Waals surface area contributed by atoms with Crippen LogP contribution in [0.5, 0.6) is 0 Å². The van der Waals surface area contributed by atoms with Crippen LogP contribution in [0.2, 0.25) is 0 Å². The Labute approximate surface area is 272 Å². The Balaban J connectivity index is 1.35. The fourth-order valence-electron chi connectivity index (χ4n) is 5.63. The molecular formula is C31H38N10O5S. The molecule has 4 heterocycles. The molecule has 0 unspecified atom stereocenters. The van der Waals surface area contributed by atoms with Crippen molar-refractivity contribution in [3.63, 3.8) is 0 Å². The van der Waals surface area contributed by atoms with E-state index in [2.05, 4.69) is 64.7 Å². The summed E-state index contributed by atoms with van der Waals surface area (Å²) < 4.78 is 35.6. The highest BCUT2D eigenvalue weighted by atomic mass is 32.2. The van der Waals surface area contributed by atoms with E-state index in [1.54, 1.807) is 0 Å². The summed E-state index contributed by atoms with van der Waals surface area (Å²) in [5, 5.41) is 37.6. The van der Waals surface area contributed by atoms with Crippen LogP contribution >= 0.6 is 0 Å². The normalized spacial score (nSPS) is 20.1. The number of nitrogens with zero attached hydrogens (tertiary/aromatic N) is 8. The van der Waals surface area contributed by atoms with Gasteiger partial charge in [0.2, 0.25) is 15.8 Å². The van der Waals surface area contributed by atoms with Gasteiger partial charge >= 0.3 is 0 Å². The van der Waals surface area contributed by atoms with Crippen molar-refractivity contribution in [3.8, 4) is 0 Å². The van der Waals surface area contributed by atoms with Crippen molar-refractivity contribution in [1.29, 1.82) is 0 Å². The monoisotopic (exact) mass is 662 g/mol. The zero-order chi connectivity index (χ0) is 33.1. The summed E-state index contributed by atoms with van der Waals surface area (Å²) in [5.41, 5.74) is 2.85. The summed E-state index contributed by atoms with van der Waals surface area (Å²) in [6.07, 6.45) is -3.45. The fourth-order valence-corrected chi connectivity index (χ4v) is 6.97. The lowest BCUT2D eigenvalue weighted by atomic mass is 9.91. The van der Waals surface area contributed by atoms with E-state index in [0.717, 1.165) is 11.1 Å². The maximum Gasteiger partial charge on any atom is 0.212 e. The number of imidazole rings is 1. The number of hydrogen-bond donors (Lipinski definition) is 4. The quantitative estimate of drug-likeness (QED) is 0.144. The van der Waals surface area contributed by atoms with Gasteiger partial charge < -0.3 is 20.3 Å². The molecule has 16 heteroatoms. The fraction of sp³-hybridized carbons (Fsp3) is 0.419. The van der Waals surface area contributed by atoms with E-state index in [1.807, 2.05) is 57.2 Å². The van der Waals surface area contributed by atoms with Crippen LogP contribution in [0, 0.1) is 5.92 Å². The van der Waals surface area contributed by atoms with Gasteiger partial charge in [0, 0.05) is 12.5 Å². The lowest BCUT2D eigenvalue weighted by molar-refractivity contribution is -0.0384. The third-order valence-corrected chi connectivity index (χ3v) is 9.56. The van der Waals surface area contributed by atoms with E-state index in [4.69, 9.17) is 4.74 Å². The number of tetrazole rings is 1. The summed E-state index contributed by atoms with van der Waals surface area (Å²) in [6, 6.07) is 20.1. The van der Waals surface area contributed by atoms with E-state index in [9.17, 15) is 18.6 Å². The Bertz CT molecular complexity index is 1860. The molecule has 5 aromatic rings. The van der Waals surface area contributed by atoms with Crippen molar-refractivity contribution < 1.29 is 23.4 Å². The molecule has 0 saturated carbocycles. The number of fused-ring (bicyclic) bond motifs is 1. The molecule has 15 nitrogen and oxygen atoms in total. The number of ether oxygens (including phenoxy) is 1. The van der Waals surface area contributed by atoms with Gasteiger partial charge in [-0.2, -0.15) is 4.80 Å². The first kappa shape index (κ1) is 32.6. The summed E-state index contributed by atoms with van der Waals surface area (Å²) in [6.45, 7) is 6.24. The third kappa shape index (κ3) is 7.16. The zero-order valence-electron chi connectivity index (χ0n) is 26.2. The van der Waals surface area contributed by atoms with E-state index in [0.29, 0.717) is 24.4 Å². The van der Waals surface area contributed by atoms with Crippen LogP contribution in [-0.4, -0.2) is 82.9 Å². The highest BCUT2D eigenvalue weighted by molar-refractivity contribution is 7.89. The maximum atomic E-state index is 12.7. The predicted octanol–water partition coefficient (Wildman–Crippen LogP) is 2.14. The number of aliphatic hydroxyl groups excluding tert-OH is 2. The minimum Gasteiger partial charge on any atom is -0.387 e. The van der Waals surface area contributed by atoms with Gasteiger partial charge in [-0.05, 0) is 29.2 Å². The molecule has 6 rings (SSSR count). The van der Waals surface area contributed by atoms with Crippen LogP contribution in [0.25, 0.3) is 11.2 Å². The number of hydrogen-bond acceptors (Lipinski definition) is 12. The van der Waals surface area contributed by atoms with Crippen LogP contribution in [0.3, 0.4) is 0 Å². The molecule has 248 valence electrons. The molecule has 0 spiro atoms. The number of aryl methyl sites for hydroxylation is 1. The van der Waals surface area contributed by atoms with Crippen LogP contribution in [0.15, 0.2) is 67.0 Å². The molecule has 4 atom stereocenters. The van der Waals surface area contributed by atoms with Gasteiger partial charge in [0.25, 0.3) is 0 Å². The Kier molecular flexibility index (Phi) is 9.56. The van der Waals surface area contributed by atoms with Crippen LogP contribution in [0.1, 0.15) is 61.8 Å². The molecule has 4 N–H and O–H groups in total. The van der Waals surface area contributed by atoms with Gasteiger partial charge in [-0.1, -0.05) is 74.5 Å². The lowest BCUT2D eigenvalue weighted by Gasteiger charge is -2.20. The van der Waals surface area contributed by atoms with Crippen LogP contribution in [-0.2, 0) is 27.8 Å². The molecular weight excluding hydrogens is 624 g/mol. The third-order valence-electron chi connectivity index (χ3n) is 7.87. The maximum absolute atomic E-state index is 12.7. The SMILES string of the molecule is CCn1nnc([C@H]2O[C@@H](n3cnc4c(NCC(c5ccccc5)c5ccccc5)nc(CNS(=O)(=O)CC(C)C)nc43)[C@@H](O)[C@@H]2O)n1. The van der Waals surface area contributed by atoms with Crippen molar-refractivity contribution in [3.05, 3.63) is 89.8 Å². The average Bonchev–Trinajstić information content (AvgIpc) is 3.78. The zero-order valence-corrected chi connectivity index (χ0v) is 27.1. The second kappa shape index (κ2) is 13.8. The van der Waals surface area contributed by atoms with Crippen LogP contribution in [0.4, 0.5) is 5.82 Å². The van der Waals surface area contributed by atoms with Crippen LogP contribution < -0.4 is 10.0 Å². The summed E-state index contributed by atoms with van der Waals surface area (Å²) in [4.78, 5) is 15.2. The molecule has 1 aliphatic heterocycles. The molecule has 3 aromatic heterocycles. The highest BCUT2D eigenvalue weighted by Crippen LogP contribution is 2.39. The molecule has 1 saturated heterocycles. The lowest BCUT2D eigenvalue weighted by Crippen LogP contribution is -2.30. The minimum atomic E-state index is -3.60. The van der Waals surface area contributed by atoms with Gasteiger partial charge in [0.05, 0.1) is 25.2 Å². The summed E-state index contributed by atoms with van der Waals surface area (Å²) in [7, 11) is -3.60. The van der Waals surface area contributed by atoms with Crippen molar-refractivity contribution in [1.82, 2.24) is 44.4 Å². The van der Waals surface area contributed by atoms with Crippen molar-refractivity contribution in [2.75, 3.05) is 17.6 Å². The molecule has 47 heavy (non-hydrogen) atoms. The number of aromatic nitrogens is 8. The van der Waals surface area contributed by atoms with E-state index in [1.165, 1.54) is 15.7 Å². The van der Waals surface area contributed by atoms with E-state index < -0.39 is 34.6 Å². The number of aliphatic hydroxyl groups is 2. The first-order valence-electron chi connectivity index (χ1n) is 15.5. The predicted molar refractivity (Wildman–Crippen MR) is 172 cm³/mol. The Morgan fingerprint density at radius 3 is 2.28 bits per heavy atom. The van der Waals surface area contributed by atoms with Gasteiger partial charge in [-0.25, -0.2) is 28.1 Å². The van der Waals surface area contributed by atoms with Crippen molar-refractivity contribution >= 4 is 27.0 Å². The average molecular weight is 663 g/mol. The standard InChI is InChI=1S/C31H38N10O5S/c1-4-41-38-29(37-39-41)27-25(42)26(43)31(46-27)40-18-33-24-28(35-23(36-30(24)40)16-34-47(44,45)17-19(2)3)32-15-22(20-11-7-5-8-12-20)21-13-9-6-10-14-21/h5-14,18-19,22,25-27,31,34,42-43H,4,15-17H2,1-3H3,(H,32,35,36)/t25-,26-,27-,31+/m0/s1. The van der Waals surface area contributed by atoms with Gasteiger partial charge in [0.1, 0.15) is 18.0 Å². The Hall–Kier alpha value is -4.35. The molecule has 0 amide bonds. The van der Waals surface area contributed by atoms with Crippen molar-refractivity contribution in [2.24, 2.45) is 5.92 Å². The number of nitrogens with one attached hydrogen (secondary N) is 2. The summed E-state index contributed by atoms with van der Waals surface area (Å²) in [5.74, 6) is 0.527. The number of anilines is 1. The van der Waals surface area contributed by atoms with Crippen molar-refractivity contribution in [2.45, 2.75) is 64.3 Å². The molecule has 0 aliphatic carbocycles. The topological polar surface area (TPSA) is 195 Å². The first-order chi connectivity index (χ1) is 22.6. The smallest absolute Gasteiger partial charge is 0.212 e. The second-order valence-electron chi connectivity index (χ2n) is 11.8. The largest absolute Gasteiger partial charge is 0.387 e. The molecule has 2 aromatic carbocycles. The van der Waals surface area contributed by atoms with Gasteiger partial charge in [-0.3, -0.25) is 4.57 Å². The van der Waals surface area contributed by atoms with Gasteiger partial charge in [0.15, 0.2) is 29.3 Å². The molecule has 0 radical (unpaired) electrons.